The van der Waals surface area contributed by atoms with Crippen LogP contribution in [0.3, 0.4) is 0 Å². The van der Waals surface area contributed by atoms with E-state index >= 15 is 0 Å². The van der Waals surface area contributed by atoms with Crippen LogP contribution >= 0.6 is 9.47 Å². The maximum atomic E-state index is 5.13. The van der Waals surface area contributed by atoms with Crippen molar-refractivity contribution in [2.75, 3.05) is 0 Å². The summed E-state index contributed by atoms with van der Waals surface area (Å²) >= 11 is 0. The first kappa shape index (κ1) is 13.9. The van der Waals surface area contributed by atoms with Gasteiger partial charge in [-0.25, -0.2) is 0 Å². The molecule has 0 rings (SSSR count). The van der Waals surface area contributed by atoms with Gasteiger partial charge in [-0.2, -0.15) is 0 Å². The van der Waals surface area contributed by atoms with Gasteiger partial charge in [0, 0.05) is 5.57 Å². The van der Waals surface area contributed by atoms with Crippen molar-refractivity contribution in [1.82, 2.24) is 0 Å². The third kappa shape index (κ3) is 4.80. The van der Waals surface area contributed by atoms with Crippen molar-refractivity contribution < 1.29 is 4.52 Å². The second-order valence-corrected chi connectivity index (χ2v) is 3.52. The van der Waals surface area contributed by atoms with Crippen LogP contribution in [0.4, 0.5) is 0 Å². The molecule has 1 atom stereocenters. The molecular weight excluding hydrogens is 203 g/mol. The molecule has 82 valence electrons. The van der Waals surface area contributed by atoms with Gasteiger partial charge in [-0.3, -0.25) is 0 Å². The Morgan fingerprint density at radius 3 is 2.27 bits per heavy atom. The van der Waals surface area contributed by atoms with Gasteiger partial charge < -0.3 is 4.52 Å². The van der Waals surface area contributed by atoms with Crippen LogP contribution in [0.25, 0.3) is 0 Å². The largest absolute Gasteiger partial charge is 0.484 e. The van der Waals surface area contributed by atoms with E-state index in [1.165, 1.54) is 0 Å². The second-order valence-electron chi connectivity index (χ2n) is 3.28. The molecule has 0 heterocycles. The summed E-state index contributed by atoms with van der Waals surface area (Å²) < 4.78 is 5.13. The van der Waals surface area contributed by atoms with Gasteiger partial charge in [0.1, 0.15) is 5.76 Å². The lowest BCUT2D eigenvalue weighted by atomic mass is 10.0. The monoisotopic (exact) mass is 222 g/mol. The van der Waals surface area contributed by atoms with E-state index in [4.69, 9.17) is 4.52 Å². The predicted octanol–water partition coefficient (Wildman–Crippen LogP) is 4.33. The highest BCUT2D eigenvalue weighted by molar-refractivity contribution is 7.10. The Kier molecular flexibility index (Phi) is 6.73. The standard InChI is InChI=1S/C13H19OP/c1-6-8-12(7-2)9-13(10(3)4)11(5)14-15/h6-7,9H,1-3,8,15H2,4-5H3/b12-9+,13-11-. The zero-order valence-electron chi connectivity index (χ0n) is 9.55. The Morgan fingerprint density at radius 2 is 1.93 bits per heavy atom. The van der Waals surface area contributed by atoms with E-state index in [0.717, 1.165) is 28.9 Å². The molecule has 0 aromatic heterocycles. The van der Waals surface area contributed by atoms with Crippen LogP contribution < -0.4 is 0 Å². The Labute approximate surface area is 95.2 Å². The van der Waals surface area contributed by atoms with Gasteiger partial charge in [-0.15, -0.1) is 6.58 Å². The van der Waals surface area contributed by atoms with Gasteiger partial charge in [-0.1, -0.05) is 25.3 Å². The van der Waals surface area contributed by atoms with Crippen molar-refractivity contribution in [1.29, 1.82) is 0 Å². The first-order chi connectivity index (χ1) is 7.06. The molecule has 0 radical (unpaired) electrons. The molecule has 1 nitrogen and oxygen atoms in total. The molecule has 0 N–H and O–H groups in total. The molecule has 0 saturated carbocycles. The predicted molar refractivity (Wildman–Crippen MR) is 71.4 cm³/mol. The van der Waals surface area contributed by atoms with E-state index in [2.05, 4.69) is 29.2 Å². The second kappa shape index (κ2) is 7.25. The van der Waals surface area contributed by atoms with E-state index in [1.54, 1.807) is 0 Å². The fourth-order valence-electron chi connectivity index (χ4n) is 1.14. The Morgan fingerprint density at radius 1 is 1.33 bits per heavy atom. The maximum Gasteiger partial charge on any atom is 0.104 e. The molecule has 0 aliphatic carbocycles. The van der Waals surface area contributed by atoms with Crippen molar-refractivity contribution in [2.45, 2.75) is 20.3 Å². The summed E-state index contributed by atoms with van der Waals surface area (Å²) in [6.45, 7) is 15.2. The minimum absolute atomic E-state index is 0.796. The first-order valence-electron chi connectivity index (χ1n) is 4.74. The molecule has 0 bridgehead atoms. The summed E-state index contributed by atoms with van der Waals surface area (Å²) in [6.07, 6.45) is 6.49. The number of allylic oxidation sites excluding steroid dienone is 7. The Balaban J connectivity index is 5.20. The van der Waals surface area contributed by atoms with E-state index in [1.807, 2.05) is 32.1 Å². The summed E-state index contributed by atoms with van der Waals surface area (Å²) in [5, 5.41) is 0. The molecule has 0 aliphatic rings. The fraction of sp³-hybridized carbons (Fsp3) is 0.231. The van der Waals surface area contributed by atoms with Crippen LogP contribution in [-0.4, -0.2) is 0 Å². The van der Waals surface area contributed by atoms with Gasteiger partial charge in [0.05, 0.1) is 9.47 Å². The molecule has 1 unspecified atom stereocenters. The van der Waals surface area contributed by atoms with Crippen LogP contribution in [0, 0.1) is 0 Å². The van der Waals surface area contributed by atoms with E-state index < -0.39 is 0 Å². The van der Waals surface area contributed by atoms with Gasteiger partial charge in [0.25, 0.3) is 0 Å². The molecule has 15 heavy (non-hydrogen) atoms. The zero-order chi connectivity index (χ0) is 11.8. The molecular formula is C13H19OP. The SMILES string of the molecule is C=CC/C(C=C)=C/C(C(=C)C)=C(\C)OP. The summed E-state index contributed by atoms with van der Waals surface area (Å²) in [7, 11) is 2.24. The molecule has 0 aromatic rings. The number of hydrogen-bond acceptors (Lipinski definition) is 1. The van der Waals surface area contributed by atoms with Gasteiger partial charge >= 0.3 is 0 Å². The van der Waals surface area contributed by atoms with Gasteiger partial charge in [0.15, 0.2) is 0 Å². The minimum Gasteiger partial charge on any atom is -0.484 e. The maximum absolute atomic E-state index is 5.13. The quantitative estimate of drug-likeness (QED) is 0.281. The van der Waals surface area contributed by atoms with E-state index in [-0.39, 0.29) is 0 Å². The summed E-state index contributed by atoms with van der Waals surface area (Å²) in [5.41, 5.74) is 3.07. The third-order valence-electron chi connectivity index (χ3n) is 1.99. The molecule has 2 heteroatoms. The van der Waals surface area contributed by atoms with Gasteiger partial charge in [-0.05, 0) is 37.5 Å². The van der Waals surface area contributed by atoms with Crippen molar-refractivity contribution >= 4 is 9.47 Å². The lowest BCUT2D eigenvalue weighted by molar-refractivity contribution is 0.495. The van der Waals surface area contributed by atoms with E-state index in [0.29, 0.717) is 0 Å². The average Bonchev–Trinajstić information content (AvgIpc) is 2.22. The smallest absolute Gasteiger partial charge is 0.104 e. The van der Waals surface area contributed by atoms with Crippen LogP contribution in [0.1, 0.15) is 20.3 Å². The fourth-order valence-corrected chi connectivity index (χ4v) is 1.27. The zero-order valence-corrected chi connectivity index (χ0v) is 10.7. The lowest BCUT2D eigenvalue weighted by Gasteiger charge is -2.08. The van der Waals surface area contributed by atoms with Crippen LogP contribution in [0.2, 0.25) is 0 Å². The van der Waals surface area contributed by atoms with E-state index in [9.17, 15) is 0 Å². The summed E-state index contributed by atoms with van der Waals surface area (Å²) in [6, 6.07) is 0. The molecule has 0 fully saturated rings. The van der Waals surface area contributed by atoms with Crippen molar-refractivity contribution in [3.05, 3.63) is 60.4 Å². The normalized spacial score (nSPS) is 12.9. The highest BCUT2D eigenvalue weighted by Crippen LogP contribution is 2.20. The molecule has 0 aliphatic heterocycles. The number of hydrogen-bond donors (Lipinski definition) is 0. The molecule has 0 spiro atoms. The topological polar surface area (TPSA) is 9.23 Å². The Hall–Kier alpha value is -1.07. The minimum atomic E-state index is 0.796. The highest BCUT2D eigenvalue weighted by Gasteiger charge is 2.02. The third-order valence-corrected chi connectivity index (χ3v) is 2.34. The van der Waals surface area contributed by atoms with Crippen LogP contribution in [-0.2, 0) is 4.52 Å². The average molecular weight is 222 g/mol. The lowest BCUT2D eigenvalue weighted by Crippen LogP contribution is -1.89. The Bertz CT molecular complexity index is 321. The molecule has 0 aromatic carbocycles. The molecule has 0 amide bonds. The van der Waals surface area contributed by atoms with Crippen LogP contribution in [0.5, 0.6) is 0 Å². The van der Waals surface area contributed by atoms with Crippen molar-refractivity contribution in [3.8, 4) is 0 Å². The first-order valence-corrected chi connectivity index (χ1v) is 5.21. The van der Waals surface area contributed by atoms with Crippen molar-refractivity contribution in [2.24, 2.45) is 0 Å². The summed E-state index contributed by atoms with van der Waals surface area (Å²) in [4.78, 5) is 0. The summed E-state index contributed by atoms with van der Waals surface area (Å²) in [5.74, 6) is 0.830. The molecule has 0 saturated heterocycles. The van der Waals surface area contributed by atoms with Gasteiger partial charge in [0.2, 0.25) is 0 Å². The highest BCUT2D eigenvalue weighted by atomic mass is 31.0. The number of rotatable bonds is 6. The van der Waals surface area contributed by atoms with Crippen molar-refractivity contribution in [3.63, 3.8) is 0 Å². The van der Waals surface area contributed by atoms with Crippen LogP contribution in [0.15, 0.2) is 60.4 Å².